The summed E-state index contributed by atoms with van der Waals surface area (Å²) in [5.74, 6) is -2.56. The fraction of sp³-hybridized carbons (Fsp3) is 0.588. The summed E-state index contributed by atoms with van der Waals surface area (Å²) < 4.78 is 68.2. The molecule has 1 aliphatic carbocycles. The maximum absolute atomic E-state index is 12.8. The third kappa shape index (κ3) is 5.91. The number of benzene rings is 1. The number of halogens is 5. The van der Waals surface area contributed by atoms with Gasteiger partial charge in [0.1, 0.15) is 18.0 Å². The molecule has 0 aliphatic heterocycles. The van der Waals surface area contributed by atoms with Gasteiger partial charge >= 0.3 is 6.18 Å². The van der Waals surface area contributed by atoms with Crippen LogP contribution >= 0.6 is 0 Å². The van der Waals surface area contributed by atoms with Crippen LogP contribution in [0.15, 0.2) is 12.1 Å². The number of anilines is 1. The minimum atomic E-state index is -4.30. The Bertz CT molecular complexity index is 749. The average molecular weight is 425 g/mol. The Morgan fingerprint density at radius 2 is 1.90 bits per heavy atom. The monoisotopic (exact) mass is 425 g/mol. The van der Waals surface area contributed by atoms with Crippen molar-refractivity contribution in [3.05, 3.63) is 27.8 Å². The quantitative estimate of drug-likeness (QED) is 0.389. The van der Waals surface area contributed by atoms with Crippen LogP contribution < -0.4 is 15.4 Å². The fourth-order valence-electron chi connectivity index (χ4n) is 3.20. The van der Waals surface area contributed by atoms with Crippen molar-refractivity contribution in [2.45, 2.75) is 44.3 Å². The lowest BCUT2D eigenvalue weighted by Gasteiger charge is -2.30. The van der Waals surface area contributed by atoms with Crippen LogP contribution in [-0.2, 0) is 0 Å². The minimum absolute atomic E-state index is 0.0403. The van der Waals surface area contributed by atoms with Crippen molar-refractivity contribution in [2.24, 2.45) is 5.92 Å². The second kappa shape index (κ2) is 9.23. The number of rotatable bonds is 7. The number of nitrogens with zero attached hydrogens (tertiary/aromatic N) is 1. The SMILES string of the molecule is CNc1cc(OCC(F)F)c(C(=O)NC2CCC(C(F)(F)F)CC2)cc1[N+](=O)[O-]. The van der Waals surface area contributed by atoms with E-state index < -0.39 is 47.7 Å². The Kier molecular flexibility index (Phi) is 7.20. The van der Waals surface area contributed by atoms with Crippen LogP contribution in [0.1, 0.15) is 36.0 Å². The molecular weight excluding hydrogens is 405 g/mol. The summed E-state index contributed by atoms with van der Waals surface area (Å²) in [4.78, 5) is 23.1. The van der Waals surface area contributed by atoms with Gasteiger partial charge in [0.2, 0.25) is 0 Å². The number of nitro groups is 1. The third-order valence-electron chi connectivity index (χ3n) is 4.70. The molecule has 1 fully saturated rings. The van der Waals surface area contributed by atoms with Crippen molar-refractivity contribution < 1.29 is 36.4 Å². The summed E-state index contributed by atoms with van der Waals surface area (Å²) in [5, 5.41) is 16.3. The van der Waals surface area contributed by atoms with Gasteiger partial charge < -0.3 is 15.4 Å². The summed E-state index contributed by atoms with van der Waals surface area (Å²) in [5.41, 5.74) is -0.848. The van der Waals surface area contributed by atoms with E-state index in [1.54, 1.807) is 0 Å². The van der Waals surface area contributed by atoms with Crippen molar-refractivity contribution >= 4 is 17.3 Å². The van der Waals surface area contributed by atoms with E-state index in [9.17, 15) is 36.9 Å². The first kappa shape index (κ1) is 22.6. The van der Waals surface area contributed by atoms with Crippen LogP contribution in [0.5, 0.6) is 5.75 Å². The predicted molar refractivity (Wildman–Crippen MR) is 93.4 cm³/mol. The maximum atomic E-state index is 12.8. The van der Waals surface area contributed by atoms with Crippen LogP contribution in [-0.4, -0.2) is 43.1 Å². The summed E-state index contributed by atoms with van der Waals surface area (Å²) in [7, 11) is 1.37. The van der Waals surface area contributed by atoms with Crippen molar-refractivity contribution in [3.63, 3.8) is 0 Å². The zero-order valence-corrected chi connectivity index (χ0v) is 15.4. The second-order valence-corrected chi connectivity index (χ2v) is 6.64. The van der Waals surface area contributed by atoms with Gasteiger partial charge in [-0.25, -0.2) is 8.78 Å². The molecule has 2 rings (SSSR count). The topological polar surface area (TPSA) is 93.5 Å². The normalized spacial score (nSPS) is 19.7. The molecule has 1 aromatic rings. The first-order valence-electron chi connectivity index (χ1n) is 8.81. The Hall–Kier alpha value is -2.66. The second-order valence-electron chi connectivity index (χ2n) is 6.64. The van der Waals surface area contributed by atoms with Crippen LogP contribution in [0, 0.1) is 16.0 Å². The standard InChI is InChI=1S/C17H20F5N3O4/c1-23-12-7-14(29-8-15(18)19)11(6-13(12)25(27)28)16(26)24-10-4-2-9(3-5-10)17(20,21)22/h6-7,9-10,15,23H,2-5,8H2,1H3,(H,24,26). The number of alkyl halides is 5. The van der Waals surface area contributed by atoms with Gasteiger partial charge in [0.15, 0.2) is 0 Å². The third-order valence-corrected chi connectivity index (χ3v) is 4.70. The number of hydrogen-bond acceptors (Lipinski definition) is 5. The summed E-state index contributed by atoms with van der Waals surface area (Å²) in [6.07, 6.45) is -7.27. The lowest BCUT2D eigenvalue weighted by Crippen LogP contribution is -2.40. The van der Waals surface area contributed by atoms with E-state index in [2.05, 4.69) is 10.6 Å². The molecule has 29 heavy (non-hydrogen) atoms. The highest BCUT2D eigenvalue weighted by molar-refractivity contribution is 5.99. The number of carbonyl (C=O) groups excluding carboxylic acids is 1. The van der Waals surface area contributed by atoms with Gasteiger partial charge in [0.25, 0.3) is 18.0 Å². The van der Waals surface area contributed by atoms with Gasteiger partial charge in [-0.05, 0) is 25.7 Å². The predicted octanol–water partition coefficient (Wildman–Crippen LogP) is 4.13. The van der Waals surface area contributed by atoms with Gasteiger partial charge in [-0.15, -0.1) is 0 Å². The molecule has 0 heterocycles. The molecular formula is C17H20F5N3O4. The van der Waals surface area contributed by atoms with Crippen molar-refractivity contribution in [2.75, 3.05) is 19.0 Å². The molecule has 1 aliphatic rings. The van der Waals surface area contributed by atoms with E-state index in [1.807, 2.05) is 0 Å². The molecule has 1 amide bonds. The van der Waals surface area contributed by atoms with Crippen molar-refractivity contribution in [1.29, 1.82) is 0 Å². The van der Waals surface area contributed by atoms with Gasteiger partial charge in [-0.3, -0.25) is 14.9 Å². The maximum Gasteiger partial charge on any atom is 0.391 e. The molecule has 7 nitrogen and oxygen atoms in total. The molecule has 0 spiro atoms. The highest BCUT2D eigenvalue weighted by atomic mass is 19.4. The first-order valence-corrected chi connectivity index (χ1v) is 8.81. The lowest BCUT2D eigenvalue weighted by atomic mass is 9.85. The van der Waals surface area contributed by atoms with Gasteiger partial charge in [0, 0.05) is 25.2 Å². The molecule has 0 aromatic heterocycles. The van der Waals surface area contributed by atoms with Crippen molar-refractivity contribution in [1.82, 2.24) is 5.32 Å². The van der Waals surface area contributed by atoms with E-state index >= 15 is 0 Å². The van der Waals surface area contributed by atoms with Crippen LogP contribution in [0.3, 0.4) is 0 Å². The highest BCUT2D eigenvalue weighted by Crippen LogP contribution is 2.38. The fourth-order valence-corrected chi connectivity index (χ4v) is 3.20. The van der Waals surface area contributed by atoms with Gasteiger partial charge in [0.05, 0.1) is 16.4 Å². The molecule has 12 heteroatoms. The molecule has 2 N–H and O–H groups in total. The van der Waals surface area contributed by atoms with E-state index in [0.29, 0.717) is 0 Å². The molecule has 0 atom stereocenters. The molecule has 0 saturated heterocycles. The van der Waals surface area contributed by atoms with E-state index in [0.717, 1.165) is 12.1 Å². The van der Waals surface area contributed by atoms with E-state index in [4.69, 9.17) is 4.74 Å². The molecule has 0 unspecified atom stereocenters. The average Bonchev–Trinajstić information content (AvgIpc) is 2.65. The number of nitrogens with one attached hydrogen (secondary N) is 2. The molecule has 1 saturated carbocycles. The zero-order valence-electron chi connectivity index (χ0n) is 15.4. The Morgan fingerprint density at radius 3 is 2.38 bits per heavy atom. The van der Waals surface area contributed by atoms with Gasteiger partial charge in [-0.2, -0.15) is 13.2 Å². The van der Waals surface area contributed by atoms with Crippen LogP contribution in [0.25, 0.3) is 0 Å². The summed E-state index contributed by atoms with van der Waals surface area (Å²) in [6.45, 7) is -1.03. The van der Waals surface area contributed by atoms with Gasteiger partial charge in [-0.1, -0.05) is 0 Å². The zero-order chi connectivity index (χ0) is 21.8. The lowest BCUT2D eigenvalue weighted by molar-refractivity contribution is -0.384. The number of amides is 1. The molecule has 0 bridgehead atoms. The number of carbonyl (C=O) groups is 1. The number of hydrogen-bond donors (Lipinski definition) is 2. The van der Waals surface area contributed by atoms with Crippen LogP contribution in [0.4, 0.5) is 33.3 Å². The summed E-state index contributed by atoms with van der Waals surface area (Å²) in [6, 6.07) is 1.39. The van der Waals surface area contributed by atoms with E-state index in [1.165, 1.54) is 7.05 Å². The van der Waals surface area contributed by atoms with Crippen molar-refractivity contribution in [3.8, 4) is 5.75 Å². The largest absolute Gasteiger partial charge is 0.487 e. The molecule has 162 valence electrons. The number of nitro benzene ring substituents is 1. The van der Waals surface area contributed by atoms with E-state index in [-0.39, 0.29) is 42.7 Å². The Labute approximate surface area is 162 Å². The minimum Gasteiger partial charge on any atom is -0.487 e. The Balaban J connectivity index is 2.21. The smallest absolute Gasteiger partial charge is 0.391 e. The summed E-state index contributed by atoms with van der Waals surface area (Å²) >= 11 is 0. The number of ether oxygens (including phenoxy) is 1. The Morgan fingerprint density at radius 1 is 1.28 bits per heavy atom. The molecule has 1 aromatic carbocycles. The first-order chi connectivity index (χ1) is 13.5. The van der Waals surface area contributed by atoms with Crippen LogP contribution in [0.2, 0.25) is 0 Å². The highest BCUT2D eigenvalue weighted by Gasteiger charge is 2.41. The molecule has 0 radical (unpaired) electrons.